The molecule has 9 heteroatoms. The minimum Gasteiger partial charge on any atom is -0.464 e. The second kappa shape index (κ2) is 11.2. The molecule has 194 valence electrons. The zero-order valence-corrected chi connectivity index (χ0v) is 21.8. The Morgan fingerprint density at radius 3 is 2.17 bits per heavy atom. The van der Waals surface area contributed by atoms with E-state index in [0.29, 0.717) is 17.2 Å². The van der Waals surface area contributed by atoms with Crippen molar-refractivity contribution in [2.45, 2.75) is 39.2 Å². The number of esters is 2. The molecule has 0 atom stereocenters. The predicted octanol–water partition coefficient (Wildman–Crippen LogP) is 3.26. The molecule has 0 spiro atoms. The van der Waals surface area contributed by atoms with E-state index in [1.165, 1.54) is 7.11 Å². The minimum absolute atomic E-state index is 0.334. The van der Waals surface area contributed by atoms with Crippen LogP contribution in [-0.4, -0.2) is 85.3 Å². The molecule has 2 saturated heterocycles. The van der Waals surface area contributed by atoms with E-state index in [2.05, 4.69) is 24.7 Å². The maximum Gasteiger partial charge on any atom is 0.356 e. The first kappa shape index (κ1) is 25.9. The normalized spacial score (nSPS) is 17.7. The first-order valence-electron chi connectivity index (χ1n) is 12.7. The maximum absolute atomic E-state index is 12.2. The molecule has 0 bridgehead atoms. The molecule has 36 heavy (non-hydrogen) atoms. The van der Waals surface area contributed by atoms with Gasteiger partial charge in [-0.2, -0.15) is 0 Å². The number of aromatic nitrogens is 2. The first-order valence-corrected chi connectivity index (χ1v) is 12.7. The molecule has 2 aliphatic heterocycles. The highest BCUT2D eigenvalue weighted by Crippen LogP contribution is 2.24. The number of carbonyl (C=O) groups excluding carboxylic acids is 2. The SMILES string of the molecule is COC(=O)c1ccc(N2CCN(CC3CCN(c4ccc(C(=O)OC(C)(C)C)cn4)CC3)CC2)cn1. The Hall–Kier alpha value is -3.20. The summed E-state index contributed by atoms with van der Waals surface area (Å²) >= 11 is 0. The fraction of sp³-hybridized carbons (Fsp3) is 0.556. The molecule has 2 fully saturated rings. The average molecular weight is 496 g/mol. The highest BCUT2D eigenvalue weighted by atomic mass is 16.6. The van der Waals surface area contributed by atoms with Crippen molar-refractivity contribution < 1.29 is 19.1 Å². The van der Waals surface area contributed by atoms with Gasteiger partial charge in [0.25, 0.3) is 0 Å². The molecule has 0 aromatic carbocycles. The van der Waals surface area contributed by atoms with E-state index in [9.17, 15) is 9.59 Å². The number of hydrogen-bond acceptors (Lipinski definition) is 9. The molecule has 4 heterocycles. The van der Waals surface area contributed by atoms with Gasteiger partial charge < -0.3 is 19.3 Å². The van der Waals surface area contributed by atoms with Crippen LogP contribution in [0.4, 0.5) is 11.5 Å². The third-order valence-corrected chi connectivity index (χ3v) is 6.72. The first-order chi connectivity index (χ1) is 17.2. The summed E-state index contributed by atoms with van der Waals surface area (Å²) in [6, 6.07) is 7.39. The highest BCUT2D eigenvalue weighted by Gasteiger charge is 2.25. The van der Waals surface area contributed by atoms with Gasteiger partial charge in [0.2, 0.25) is 0 Å². The van der Waals surface area contributed by atoms with Gasteiger partial charge in [0.1, 0.15) is 17.1 Å². The summed E-state index contributed by atoms with van der Waals surface area (Å²) in [5, 5.41) is 0. The van der Waals surface area contributed by atoms with Gasteiger partial charge in [-0.25, -0.2) is 19.6 Å². The smallest absolute Gasteiger partial charge is 0.356 e. The monoisotopic (exact) mass is 495 g/mol. The van der Waals surface area contributed by atoms with Crippen LogP contribution in [0.1, 0.15) is 54.5 Å². The summed E-state index contributed by atoms with van der Waals surface area (Å²) in [5.41, 5.74) is 1.35. The number of hydrogen-bond donors (Lipinski definition) is 0. The summed E-state index contributed by atoms with van der Waals surface area (Å²) in [6.07, 6.45) is 5.64. The third kappa shape index (κ3) is 6.72. The van der Waals surface area contributed by atoms with E-state index in [-0.39, 0.29) is 5.97 Å². The maximum atomic E-state index is 12.2. The standard InChI is InChI=1S/C27H37N5O4/c1-27(2,3)36-25(33)21-5-8-24(29-17-21)32-11-9-20(10-12-32)19-30-13-15-31(16-14-30)22-6-7-23(28-18-22)26(34)35-4/h5-8,17-18,20H,9-16,19H2,1-4H3. The van der Waals surface area contributed by atoms with Crippen molar-refractivity contribution in [3.8, 4) is 0 Å². The van der Waals surface area contributed by atoms with Gasteiger partial charge >= 0.3 is 11.9 Å². The average Bonchev–Trinajstić information content (AvgIpc) is 2.88. The van der Waals surface area contributed by atoms with Crippen LogP contribution in [0.3, 0.4) is 0 Å². The molecule has 9 nitrogen and oxygen atoms in total. The van der Waals surface area contributed by atoms with Crippen LogP contribution in [0.25, 0.3) is 0 Å². The molecule has 2 aliphatic rings. The van der Waals surface area contributed by atoms with E-state index in [4.69, 9.17) is 9.47 Å². The zero-order valence-electron chi connectivity index (χ0n) is 21.8. The number of methoxy groups -OCH3 is 1. The summed E-state index contributed by atoms with van der Waals surface area (Å²) < 4.78 is 10.1. The highest BCUT2D eigenvalue weighted by molar-refractivity contribution is 5.89. The van der Waals surface area contributed by atoms with Crippen molar-refractivity contribution in [1.29, 1.82) is 0 Å². The van der Waals surface area contributed by atoms with Gasteiger partial charge in [-0.05, 0) is 63.8 Å². The molecule has 4 rings (SSSR count). The quantitative estimate of drug-likeness (QED) is 0.560. The lowest BCUT2D eigenvalue weighted by Gasteiger charge is -2.39. The number of ether oxygens (including phenoxy) is 2. The lowest BCUT2D eigenvalue weighted by Crippen LogP contribution is -2.49. The summed E-state index contributed by atoms with van der Waals surface area (Å²) in [5.74, 6) is 0.844. The molecule has 0 radical (unpaired) electrons. The number of nitrogens with zero attached hydrogens (tertiary/aromatic N) is 5. The van der Waals surface area contributed by atoms with Gasteiger partial charge in [-0.3, -0.25) is 4.90 Å². The van der Waals surface area contributed by atoms with E-state index in [1.54, 1.807) is 24.5 Å². The second-order valence-electron chi connectivity index (χ2n) is 10.5. The van der Waals surface area contributed by atoms with E-state index in [1.807, 2.05) is 32.9 Å². The van der Waals surface area contributed by atoms with Gasteiger partial charge in [0, 0.05) is 52.0 Å². The number of rotatable bonds is 6. The molecular weight excluding hydrogens is 458 g/mol. The minimum atomic E-state index is -0.515. The van der Waals surface area contributed by atoms with E-state index in [0.717, 1.165) is 70.2 Å². The fourth-order valence-corrected chi connectivity index (χ4v) is 4.73. The Balaban J connectivity index is 1.20. The van der Waals surface area contributed by atoms with Crippen LogP contribution in [0.15, 0.2) is 36.7 Å². The lowest BCUT2D eigenvalue weighted by atomic mass is 9.96. The topological polar surface area (TPSA) is 88.1 Å². The Kier molecular flexibility index (Phi) is 8.08. The van der Waals surface area contributed by atoms with Crippen LogP contribution in [0.2, 0.25) is 0 Å². The Bertz CT molecular complexity index is 1020. The predicted molar refractivity (Wildman–Crippen MR) is 139 cm³/mol. The molecular formula is C27H37N5O4. The van der Waals surface area contributed by atoms with Gasteiger partial charge in [0.15, 0.2) is 0 Å². The molecule has 0 amide bonds. The van der Waals surface area contributed by atoms with Crippen LogP contribution < -0.4 is 9.80 Å². The number of pyridine rings is 2. The van der Waals surface area contributed by atoms with Crippen molar-refractivity contribution >= 4 is 23.4 Å². The van der Waals surface area contributed by atoms with Crippen LogP contribution in [0.5, 0.6) is 0 Å². The van der Waals surface area contributed by atoms with Crippen molar-refractivity contribution in [3.05, 3.63) is 47.9 Å². The number of carbonyl (C=O) groups is 2. The summed E-state index contributed by atoms with van der Waals surface area (Å²) in [4.78, 5) is 39.8. The zero-order chi connectivity index (χ0) is 25.7. The van der Waals surface area contributed by atoms with Gasteiger partial charge in [0.05, 0.1) is 24.6 Å². The van der Waals surface area contributed by atoms with Crippen molar-refractivity contribution in [2.75, 3.05) is 62.7 Å². The Morgan fingerprint density at radius 1 is 0.889 bits per heavy atom. The largest absolute Gasteiger partial charge is 0.464 e. The molecule has 0 unspecified atom stereocenters. The molecule has 0 saturated carbocycles. The number of piperidine rings is 1. The van der Waals surface area contributed by atoms with Crippen molar-refractivity contribution in [2.24, 2.45) is 5.92 Å². The molecule has 0 N–H and O–H groups in total. The lowest BCUT2D eigenvalue weighted by molar-refractivity contribution is 0.00689. The molecule has 2 aromatic heterocycles. The molecule has 2 aromatic rings. The second-order valence-corrected chi connectivity index (χ2v) is 10.5. The van der Waals surface area contributed by atoms with Gasteiger partial charge in [-0.1, -0.05) is 0 Å². The van der Waals surface area contributed by atoms with E-state index >= 15 is 0 Å². The number of piperazine rings is 1. The Labute approximate surface area is 213 Å². The van der Waals surface area contributed by atoms with Crippen LogP contribution in [-0.2, 0) is 9.47 Å². The summed E-state index contributed by atoms with van der Waals surface area (Å²) in [6.45, 7) is 12.6. The van der Waals surface area contributed by atoms with Crippen LogP contribution in [0, 0.1) is 5.92 Å². The third-order valence-electron chi connectivity index (χ3n) is 6.72. The summed E-state index contributed by atoms with van der Waals surface area (Å²) in [7, 11) is 1.36. The fourth-order valence-electron chi connectivity index (χ4n) is 4.73. The molecule has 0 aliphatic carbocycles. The van der Waals surface area contributed by atoms with Gasteiger partial charge in [-0.15, -0.1) is 0 Å². The Morgan fingerprint density at radius 2 is 1.61 bits per heavy atom. The van der Waals surface area contributed by atoms with Crippen molar-refractivity contribution in [3.63, 3.8) is 0 Å². The van der Waals surface area contributed by atoms with E-state index < -0.39 is 11.6 Å². The van der Waals surface area contributed by atoms with Crippen LogP contribution >= 0.6 is 0 Å². The van der Waals surface area contributed by atoms with Crippen molar-refractivity contribution in [1.82, 2.24) is 14.9 Å². The number of anilines is 2.